The van der Waals surface area contributed by atoms with E-state index in [2.05, 4.69) is 159 Å². The number of furan rings is 1. The summed E-state index contributed by atoms with van der Waals surface area (Å²) < 4.78 is 11.7. The molecule has 1 radical (unpaired) electrons. The Morgan fingerprint density at radius 1 is 0.600 bits per heavy atom. The third-order valence-corrected chi connectivity index (χ3v) is 12.2. The monoisotopic (exact) mass is 972 g/mol. The predicted octanol–water partition coefficient (Wildman–Crippen LogP) is 15.2. The number of imidazole rings is 1. The Kier molecular flexibility index (Phi) is 10.8. The fourth-order valence-corrected chi connectivity index (χ4v) is 9.35. The first-order chi connectivity index (χ1) is 28.9. The van der Waals surface area contributed by atoms with E-state index < -0.39 is 0 Å². The molecular formula is C54H41IrN3OS-2. The summed E-state index contributed by atoms with van der Waals surface area (Å²) in [4.78, 5) is 9.54. The first-order valence-electron chi connectivity index (χ1n) is 20.2. The molecule has 0 aliphatic heterocycles. The first kappa shape index (κ1) is 39.3. The van der Waals surface area contributed by atoms with Crippen LogP contribution in [0.3, 0.4) is 0 Å². The summed E-state index contributed by atoms with van der Waals surface area (Å²) in [6.07, 6.45) is 1.79. The van der Waals surface area contributed by atoms with Crippen molar-refractivity contribution in [3.05, 3.63) is 187 Å². The normalized spacial score (nSPS) is 11.5. The second kappa shape index (κ2) is 16.5. The average Bonchev–Trinajstić information content (AvgIpc) is 3.97. The second-order valence-corrected chi connectivity index (χ2v) is 16.7. The Morgan fingerprint density at radius 3 is 2.08 bits per heavy atom. The van der Waals surface area contributed by atoms with Gasteiger partial charge in [-0.05, 0) is 88.3 Å². The van der Waals surface area contributed by atoms with Gasteiger partial charge in [0.05, 0.1) is 22.4 Å². The number of rotatable bonds is 6. The zero-order chi connectivity index (χ0) is 40.0. The van der Waals surface area contributed by atoms with Gasteiger partial charge in [0.25, 0.3) is 0 Å². The van der Waals surface area contributed by atoms with Gasteiger partial charge in [-0.15, -0.1) is 65.4 Å². The number of fused-ring (bicyclic) bond motifs is 7. The molecule has 11 aromatic rings. The van der Waals surface area contributed by atoms with Gasteiger partial charge in [-0.1, -0.05) is 111 Å². The quantitative estimate of drug-likeness (QED) is 0.156. The Morgan fingerprint density at radius 2 is 1.33 bits per heavy atom. The van der Waals surface area contributed by atoms with E-state index in [4.69, 9.17) is 9.40 Å². The van der Waals surface area contributed by atoms with E-state index in [1.807, 2.05) is 59.9 Å². The summed E-state index contributed by atoms with van der Waals surface area (Å²) in [6, 6.07) is 61.6. The number of nitrogens with zero attached hydrogens (tertiary/aromatic N) is 3. The van der Waals surface area contributed by atoms with Crippen LogP contribution >= 0.6 is 11.3 Å². The van der Waals surface area contributed by atoms with Crippen molar-refractivity contribution in [2.75, 3.05) is 0 Å². The van der Waals surface area contributed by atoms with Crippen molar-refractivity contribution in [1.82, 2.24) is 14.5 Å². The Bertz CT molecular complexity index is 3210. The number of hydrogen-bond donors (Lipinski definition) is 0. The largest absolute Gasteiger partial charge is 0.500 e. The standard InChI is InChI=1S/C43H33N2OS.C11H8N.Ir/c1-25(2)32-21-28(27-13-6-5-7-14-27)22-33(26(3)4)41(32)45-37-19-10-9-18-36(37)44-43(45)31-17-12-16-30-34-23-35-29-15-8-11-20-39(29)47-40(35)24-38(34)46-42(30)31;1-2-6-10(7-3-1)11-8-4-5-9-12-11;/h5-16,18-26H,1-4H3;1-6,8-9H;/q2*-1;. The molecule has 0 spiro atoms. The van der Waals surface area contributed by atoms with Crippen LogP contribution in [-0.2, 0) is 20.1 Å². The zero-order valence-electron chi connectivity index (χ0n) is 33.7. The Labute approximate surface area is 367 Å². The van der Waals surface area contributed by atoms with Crippen LogP contribution in [0.2, 0.25) is 0 Å². The number of thiophene rings is 1. The minimum Gasteiger partial charge on any atom is -0.500 e. The smallest absolute Gasteiger partial charge is 0.122 e. The van der Waals surface area contributed by atoms with Gasteiger partial charge >= 0.3 is 0 Å². The summed E-state index contributed by atoms with van der Waals surface area (Å²) in [5.74, 6) is 1.42. The van der Waals surface area contributed by atoms with Crippen LogP contribution in [0.5, 0.6) is 0 Å². The fraction of sp³-hybridized carbons (Fsp3) is 0.111. The van der Waals surface area contributed by atoms with Crippen LogP contribution < -0.4 is 0 Å². The summed E-state index contributed by atoms with van der Waals surface area (Å²) >= 11 is 1.81. The molecule has 0 aliphatic rings. The van der Waals surface area contributed by atoms with Gasteiger partial charge in [0.1, 0.15) is 5.58 Å². The molecule has 0 fully saturated rings. The molecule has 0 aliphatic carbocycles. The van der Waals surface area contributed by atoms with Crippen LogP contribution in [0.15, 0.2) is 168 Å². The number of benzene rings is 7. The minimum atomic E-state index is 0. The number of hydrogen-bond acceptors (Lipinski definition) is 4. The number of pyridine rings is 1. The van der Waals surface area contributed by atoms with Crippen molar-refractivity contribution >= 4 is 64.5 Å². The number of aromatic nitrogens is 3. The van der Waals surface area contributed by atoms with Gasteiger partial charge in [0.2, 0.25) is 0 Å². The van der Waals surface area contributed by atoms with Gasteiger partial charge in [0.15, 0.2) is 0 Å². The molecule has 0 atom stereocenters. The maximum Gasteiger partial charge on any atom is 0.122 e. The molecule has 4 aromatic heterocycles. The van der Waals surface area contributed by atoms with E-state index in [0.717, 1.165) is 55.6 Å². The van der Waals surface area contributed by atoms with Crippen LogP contribution in [0.1, 0.15) is 50.7 Å². The zero-order valence-corrected chi connectivity index (χ0v) is 36.9. The van der Waals surface area contributed by atoms with E-state index in [9.17, 15) is 0 Å². The van der Waals surface area contributed by atoms with E-state index in [-0.39, 0.29) is 31.9 Å². The topological polar surface area (TPSA) is 43.9 Å². The van der Waals surface area contributed by atoms with E-state index in [0.29, 0.717) is 0 Å². The van der Waals surface area contributed by atoms with Gasteiger partial charge in [0, 0.05) is 57.5 Å². The van der Waals surface area contributed by atoms with E-state index in [1.54, 1.807) is 6.20 Å². The van der Waals surface area contributed by atoms with Crippen LogP contribution in [0.25, 0.3) is 92.6 Å². The summed E-state index contributed by atoms with van der Waals surface area (Å²) in [5, 5.41) is 4.75. The SMILES string of the molecule is CC(C)c1cc(-c2ccccc2)cc(C(C)C)c1-n1c(-c2[c-]ccc3c2oc2cc4sc5ccccc5c4cc23)nc2ccccc21.[Ir].[c-]1ccccc1-c1ccccn1. The molecule has 0 saturated carbocycles. The summed E-state index contributed by atoms with van der Waals surface area (Å²) in [5.41, 5.74) is 12.9. The molecular weight excluding hydrogens is 931 g/mol. The number of para-hydroxylation sites is 2. The van der Waals surface area contributed by atoms with Gasteiger partial charge in [-0.25, -0.2) is 0 Å². The van der Waals surface area contributed by atoms with Crippen LogP contribution in [-0.4, -0.2) is 14.5 Å². The maximum atomic E-state index is 6.78. The summed E-state index contributed by atoms with van der Waals surface area (Å²) in [7, 11) is 0. The fourth-order valence-electron chi connectivity index (χ4n) is 8.24. The summed E-state index contributed by atoms with van der Waals surface area (Å²) in [6.45, 7) is 9.16. The molecule has 0 bridgehead atoms. The average molecular weight is 972 g/mol. The third-order valence-electron chi connectivity index (χ3n) is 11.1. The first-order valence-corrected chi connectivity index (χ1v) is 21.0. The molecule has 0 saturated heterocycles. The van der Waals surface area contributed by atoms with Crippen molar-refractivity contribution in [1.29, 1.82) is 0 Å². The van der Waals surface area contributed by atoms with Crippen molar-refractivity contribution in [2.24, 2.45) is 0 Å². The predicted molar refractivity (Wildman–Crippen MR) is 248 cm³/mol. The van der Waals surface area contributed by atoms with Crippen molar-refractivity contribution in [3.63, 3.8) is 0 Å². The van der Waals surface area contributed by atoms with E-state index >= 15 is 0 Å². The molecule has 7 aromatic carbocycles. The molecule has 4 heterocycles. The van der Waals surface area contributed by atoms with Crippen molar-refractivity contribution in [2.45, 2.75) is 39.5 Å². The van der Waals surface area contributed by atoms with Crippen molar-refractivity contribution in [3.8, 4) is 39.5 Å². The molecule has 6 heteroatoms. The molecule has 4 nitrogen and oxygen atoms in total. The molecule has 11 rings (SSSR count). The van der Waals surface area contributed by atoms with Crippen molar-refractivity contribution < 1.29 is 24.5 Å². The third kappa shape index (κ3) is 7.05. The van der Waals surface area contributed by atoms with Crippen LogP contribution in [0, 0.1) is 12.1 Å². The molecule has 0 unspecified atom stereocenters. The van der Waals surface area contributed by atoms with Gasteiger partial charge in [-0.2, -0.15) is 0 Å². The Balaban J connectivity index is 0.000000306. The molecule has 0 amide bonds. The van der Waals surface area contributed by atoms with Crippen LogP contribution in [0.4, 0.5) is 0 Å². The second-order valence-electron chi connectivity index (χ2n) is 15.6. The molecule has 60 heavy (non-hydrogen) atoms. The molecule has 295 valence electrons. The van der Waals surface area contributed by atoms with E-state index in [1.165, 1.54) is 48.1 Å². The maximum absolute atomic E-state index is 6.78. The molecule has 0 N–H and O–H groups in total. The van der Waals surface area contributed by atoms with Gasteiger partial charge in [-0.3, -0.25) is 4.98 Å². The minimum absolute atomic E-state index is 0. The Hall–Kier alpha value is -6.17. The van der Waals surface area contributed by atoms with Gasteiger partial charge < -0.3 is 14.0 Å².